The number of carbonyl (C=O) groups excluding carboxylic acids is 2. The van der Waals surface area contributed by atoms with Crippen molar-refractivity contribution >= 4 is 28.4 Å². The Hall–Kier alpha value is -2.76. The fourth-order valence-corrected chi connectivity index (χ4v) is 2.14. The summed E-state index contributed by atoms with van der Waals surface area (Å²) in [7, 11) is 3.23. The Balaban J connectivity index is 2.77. The van der Waals surface area contributed by atoms with Crippen LogP contribution in [0.1, 0.15) is 13.8 Å². The molecule has 0 radical (unpaired) electrons. The molecule has 6 nitrogen and oxygen atoms in total. The average molecular weight is 303 g/mol. The summed E-state index contributed by atoms with van der Waals surface area (Å²) in [5, 5.41) is 4.26. The lowest BCUT2D eigenvalue weighted by Crippen LogP contribution is -2.06. The molecule has 1 N–H and O–H groups in total. The lowest BCUT2D eigenvalue weighted by atomic mass is 10.1. The highest BCUT2D eigenvalue weighted by Gasteiger charge is 2.18. The minimum Gasteiger partial charge on any atom is -0.493 e. The number of hydrogen-bond acceptors (Lipinski definition) is 6. The molecule has 0 bridgehead atoms. The van der Waals surface area contributed by atoms with Gasteiger partial charge in [-0.15, -0.1) is 0 Å². The highest BCUT2D eigenvalue weighted by atomic mass is 16.6. The fraction of sp³-hybridized carbons (Fsp3) is 0.250. The number of rotatable bonds is 4. The Morgan fingerprint density at radius 2 is 1.64 bits per heavy atom. The molecule has 0 heterocycles. The molecule has 116 valence electrons. The van der Waals surface area contributed by atoms with Crippen LogP contribution in [0.15, 0.2) is 24.3 Å². The molecule has 0 saturated heterocycles. The molecular formula is C16H17NO5. The van der Waals surface area contributed by atoms with Gasteiger partial charge >= 0.3 is 11.9 Å². The van der Waals surface area contributed by atoms with Gasteiger partial charge in [-0.05, 0) is 18.2 Å². The van der Waals surface area contributed by atoms with Crippen LogP contribution < -0.4 is 19.5 Å². The maximum absolute atomic E-state index is 11.3. The molecule has 0 aliphatic rings. The van der Waals surface area contributed by atoms with E-state index in [4.69, 9.17) is 14.2 Å². The Kier molecular flexibility index (Phi) is 4.50. The lowest BCUT2D eigenvalue weighted by molar-refractivity contribution is -0.133. The Bertz CT molecular complexity index is 739. The minimum atomic E-state index is -0.461. The van der Waals surface area contributed by atoms with E-state index in [-0.39, 0.29) is 0 Å². The molecule has 6 heteroatoms. The molecule has 0 atom stereocenters. The third-order valence-corrected chi connectivity index (χ3v) is 3.02. The normalized spacial score (nSPS) is 10.2. The van der Waals surface area contributed by atoms with Gasteiger partial charge in [0.15, 0.2) is 11.5 Å². The first-order valence-corrected chi connectivity index (χ1v) is 6.65. The molecule has 2 rings (SSSR count). The topological polar surface area (TPSA) is 73.9 Å². The molecule has 0 aromatic heterocycles. The van der Waals surface area contributed by atoms with Gasteiger partial charge in [-0.25, -0.2) is 0 Å². The van der Waals surface area contributed by atoms with Crippen LogP contribution in [0.4, 0.5) is 5.69 Å². The largest absolute Gasteiger partial charge is 0.493 e. The number of nitrogens with one attached hydrogen (secondary N) is 1. The molecule has 0 amide bonds. The maximum atomic E-state index is 11.3. The fourth-order valence-electron chi connectivity index (χ4n) is 2.14. The van der Waals surface area contributed by atoms with Crippen molar-refractivity contribution < 1.29 is 23.8 Å². The number of methoxy groups -OCH3 is 1. The number of anilines is 1. The SMILES string of the molecule is CNc1ccc2c(OC(C)=O)c(OC)cc(OC(C)=O)c2c1. The van der Waals surface area contributed by atoms with Gasteiger partial charge in [0.05, 0.1) is 7.11 Å². The zero-order chi connectivity index (χ0) is 16.3. The summed E-state index contributed by atoms with van der Waals surface area (Å²) in [6.07, 6.45) is 0. The summed E-state index contributed by atoms with van der Waals surface area (Å²) in [4.78, 5) is 22.6. The van der Waals surface area contributed by atoms with E-state index in [0.29, 0.717) is 28.0 Å². The van der Waals surface area contributed by atoms with Gasteiger partial charge in [0.1, 0.15) is 5.75 Å². The van der Waals surface area contributed by atoms with E-state index < -0.39 is 11.9 Å². The standard InChI is InChI=1S/C16H17NO5/c1-9(18)21-14-8-15(20-4)16(22-10(2)19)12-6-5-11(17-3)7-13(12)14/h5-8,17H,1-4H3. The van der Waals surface area contributed by atoms with E-state index in [1.807, 2.05) is 6.07 Å². The number of benzene rings is 2. The molecular weight excluding hydrogens is 286 g/mol. The van der Waals surface area contributed by atoms with Gasteiger partial charge in [0.2, 0.25) is 0 Å². The second-order valence-corrected chi connectivity index (χ2v) is 4.60. The highest BCUT2D eigenvalue weighted by molar-refractivity contribution is 5.99. The predicted molar refractivity (Wildman–Crippen MR) is 82.7 cm³/mol. The first kappa shape index (κ1) is 15.6. The highest BCUT2D eigenvalue weighted by Crippen LogP contribution is 2.42. The third kappa shape index (κ3) is 3.11. The van der Waals surface area contributed by atoms with Crippen LogP contribution in [0.25, 0.3) is 10.8 Å². The minimum absolute atomic E-state index is 0.295. The first-order chi connectivity index (χ1) is 10.5. The van der Waals surface area contributed by atoms with Gasteiger partial charge in [0, 0.05) is 43.4 Å². The summed E-state index contributed by atoms with van der Waals surface area (Å²) in [5.74, 6) is 0.0445. The summed E-state index contributed by atoms with van der Waals surface area (Å²) in [5.41, 5.74) is 0.833. The zero-order valence-corrected chi connectivity index (χ0v) is 12.9. The Morgan fingerprint density at radius 3 is 2.18 bits per heavy atom. The number of esters is 2. The summed E-state index contributed by atoms with van der Waals surface area (Å²) >= 11 is 0. The van der Waals surface area contributed by atoms with Crippen LogP contribution in [0.2, 0.25) is 0 Å². The summed E-state index contributed by atoms with van der Waals surface area (Å²) in [6, 6.07) is 6.93. The van der Waals surface area contributed by atoms with Crippen LogP contribution in [-0.4, -0.2) is 26.1 Å². The van der Waals surface area contributed by atoms with Gasteiger partial charge in [0.25, 0.3) is 0 Å². The van der Waals surface area contributed by atoms with E-state index in [2.05, 4.69) is 5.32 Å². The molecule has 0 fully saturated rings. The second-order valence-electron chi connectivity index (χ2n) is 4.60. The number of fused-ring (bicyclic) bond motifs is 1. The average Bonchev–Trinajstić information content (AvgIpc) is 2.48. The molecule has 0 saturated carbocycles. The van der Waals surface area contributed by atoms with E-state index >= 15 is 0 Å². The smallest absolute Gasteiger partial charge is 0.308 e. The monoisotopic (exact) mass is 303 g/mol. The molecule has 0 spiro atoms. The Morgan fingerprint density at radius 1 is 0.955 bits per heavy atom. The van der Waals surface area contributed by atoms with Crippen molar-refractivity contribution in [2.24, 2.45) is 0 Å². The molecule has 2 aromatic carbocycles. The molecule has 0 aliphatic carbocycles. The zero-order valence-electron chi connectivity index (χ0n) is 12.9. The van der Waals surface area contributed by atoms with Gasteiger partial charge in [-0.2, -0.15) is 0 Å². The maximum Gasteiger partial charge on any atom is 0.308 e. The van der Waals surface area contributed by atoms with E-state index in [1.54, 1.807) is 19.2 Å². The quantitative estimate of drug-likeness (QED) is 0.691. The van der Waals surface area contributed by atoms with Crippen molar-refractivity contribution in [3.63, 3.8) is 0 Å². The predicted octanol–water partition coefficient (Wildman–Crippen LogP) is 2.74. The lowest BCUT2D eigenvalue weighted by Gasteiger charge is -2.15. The van der Waals surface area contributed by atoms with Gasteiger partial charge in [-0.3, -0.25) is 9.59 Å². The number of ether oxygens (including phenoxy) is 3. The molecule has 0 aliphatic heterocycles. The molecule has 2 aromatic rings. The van der Waals surface area contributed by atoms with Crippen LogP contribution in [0.5, 0.6) is 17.2 Å². The van der Waals surface area contributed by atoms with E-state index in [0.717, 1.165) is 5.69 Å². The molecule has 0 unspecified atom stereocenters. The van der Waals surface area contributed by atoms with Crippen LogP contribution >= 0.6 is 0 Å². The second kappa shape index (κ2) is 6.34. The van der Waals surface area contributed by atoms with Crippen molar-refractivity contribution in [1.82, 2.24) is 0 Å². The first-order valence-electron chi connectivity index (χ1n) is 6.65. The van der Waals surface area contributed by atoms with Crippen molar-refractivity contribution in [3.8, 4) is 17.2 Å². The van der Waals surface area contributed by atoms with Crippen molar-refractivity contribution in [1.29, 1.82) is 0 Å². The number of carbonyl (C=O) groups is 2. The van der Waals surface area contributed by atoms with Crippen LogP contribution in [0.3, 0.4) is 0 Å². The van der Waals surface area contributed by atoms with Crippen molar-refractivity contribution in [3.05, 3.63) is 24.3 Å². The van der Waals surface area contributed by atoms with Crippen LogP contribution in [-0.2, 0) is 9.59 Å². The third-order valence-electron chi connectivity index (χ3n) is 3.02. The van der Waals surface area contributed by atoms with Crippen molar-refractivity contribution in [2.45, 2.75) is 13.8 Å². The molecule has 22 heavy (non-hydrogen) atoms. The van der Waals surface area contributed by atoms with Crippen LogP contribution in [0, 0.1) is 0 Å². The Labute approximate surface area is 128 Å². The van der Waals surface area contributed by atoms with E-state index in [9.17, 15) is 9.59 Å². The van der Waals surface area contributed by atoms with Gasteiger partial charge < -0.3 is 19.5 Å². The summed E-state index contributed by atoms with van der Waals surface area (Å²) < 4.78 is 15.7. The number of hydrogen-bond donors (Lipinski definition) is 1. The van der Waals surface area contributed by atoms with E-state index in [1.165, 1.54) is 27.0 Å². The van der Waals surface area contributed by atoms with Gasteiger partial charge in [-0.1, -0.05) is 0 Å². The summed E-state index contributed by atoms with van der Waals surface area (Å²) in [6.45, 7) is 2.63. The van der Waals surface area contributed by atoms with Crippen molar-refractivity contribution in [2.75, 3.05) is 19.5 Å².